The lowest BCUT2D eigenvalue weighted by Gasteiger charge is -2.33. The van der Waals surface area contributed by atoms with Crippen LogP contribution in [0, 0.1) is 5.92 Å². The molecule has 1 heterocycles. The maximum atomic E-state index is 5.70. The summed E-state index contributed by atoms with van der Waals surface area (Å²) in [7, 11) is 0. The number of rotatable bonds is 6. The highest BCUT2D eigenvalue weighted by molar-refractivity contribution is 4.77. The van der Waals surface area contributed by atoms with E-state index in [-0.39, 0.29) is 0 Å². The molecular weight excluding hydrogens is 236 g/mol. The standard InChI is InChI=1S/C16H32N2O/c1-3-19-16-8-11-18(12-9-16)13-10-17-15-6-4-14(2)5-7-15/h14-17H,3-13H2,1-2H3. The first kappa shape index (κ1) is 15.3. The quantitative estimate of drug-likeness (QED) is 0.801. The molecule has 3 nitrogen and oxygen atoms in total. The van der Waals surface area contributed by atoms with Gasteiger partial charge in [0, 0.05) is 38.8 Å². The van der Waals surface area contributed by atoms with Crippen LogP contribution < -0.4 is 5.32 Å². The topological polar surface area (TPSA) is 24.5 Å². The Morgan fingerprint density at radius 3 is 2.37 bits per heavy atom. The van der Waals surface area contributed by atoms with E-state index in [2.05, 4.69) is 24.1 Å². The minimum absolute atomic E-state index is 0.522. The zero-order valence-corrected chi connectivity index (χ0v) is 12.9. The highest BCUT2D eigenvalue weighted by Gasteiger charge is 2.20. The van der Waals surface area contributed by atoms with E-state index in [1.807, 2.05) is 0 Å². The molecule has 1 N–H and O–H groups in total. The molecule has 19 heavy (non-hydrogen) atoms. The van der Waals surface area contributed by atoms with Crippen molar-refractivity contribution < 1.29 is 4.74 Å². The van der Waals surface area contributed by atoms with Gasteiger partial charge in [0.2, 0.25) is 0 Å². The fourth-order valence-corrected chi connectivity index (χ4v) is 3.43. The number of ether oxygens (including phenoxy) is 1. The van der Waals surface area contributed by atoms with Gasteiger partial charge in [0.1, 0.15) is 0 Å². The summed E-state index contributed by atoms with van der Waals surface area (Å²) < 4.78 is 5.70. The van der Waals surface area contributed by atoms with E-state index < -0.39 is 0 Å². The lowest BCUT2D eigenvalue weighted by atomic mass is 9.87. The van der Waals surface area contributed by atoms with Crippen molar-refractivity contribution in [2.45, 2.75) is 64.5 Å². The van der Waals surface area contributed by atoms with Gasteiger partial charge in [-0.05, 0) is 51.4 Å². The molecule has 0 amide bonds. The number of nitrogens with zero attached hydrogens (tertiary/aromatic N) is 1. The average molecular weight is 268 g/mol. The van der Waals surface area contributed by atoms with Crippen molar-refractivity contribution in [3.8, 4) is 0 Å². The summed E-state index contributed by atoms with van der Waals surface area (Å²) in [5.41, 5.74) is 0. The Kier molecular flexibility index (Phi) is 6.62. The summed E-state index contributed by atoms with van der Waals surface area (Å²) in [5, 5.41) is 3.75. The van der Waals surface area contributed by atoms with Gasteiger partial charge >= 0.3 is 0 Å². The van der Waals surface area contributed by atoms with Gasteiger partial charge in [-0.3, -0.25) is 0 Å². The van der Waals surface area contributed by atoms with Crippen molar-refractivity contribution >= 4 is 0 Å². The Morgan fingerprint density at radius 2 is 1.74 bits per heavy atom. The van der Waals surface area contributed by atoms with E-state index in [0.29, 0.717) is 6.10 Å². The van der Waals surface area contributed by atoms with Gasteiger partial charge in [0.05, 0.1) is 6.10 Å². The molecule has 0 aromatic carbocycles. The summed E-state index contributed by atoms with van der Waals surface area (Å²) in [6.07, 6.45) is 8.55. The Balaban J connectivity index is 1.52. The van der Waals surface area contributed by atoms with Crippen LogP contribution in [0.4, 0.5) is 0 Å². The largest absolute Gasteiger partial charge is 0.378 e. The molecule has 3 heteroatoms. The van der Waals surface area contributed by atoms with E-state index in [0.717, 1.165) is 18.6 Å². The molecule has 2 aliphatic rings. The number of hydrogen-bond acceptors (Lipinski definition) is 3. The van der Waals surface area contributed by atoms with Crippen molar-refractivity contribution in [2.24, 2.45) is 5.92 Å². The van der Waals surface area contributed by atoms with Crippen LogP contribution in [-0.4, -0.2) is 49.8 Å². The third-order valence-electron chi connectivity index (χ3n) is 4.81. The van der Waals surface area contributed by atoms with E-state index >= 15 is 0 Å². The van der Waals surface area contributed by atoms with Crippen LogP contribution in [-0.2, 0) is 4.74 Å². The maximum Gasteiger partial charge on any atom is 0.0599 e. The van der Waals surface area contributed by atoms with E-state index in [9.17, 15) is 0 Å². The van der Waals surface area contributed by atoms with E-state index in [4.69, 9.17) is 4.74 Å². The molecular formula is C16H32N2O. The van der Waals surface area contributed by atoms with Gasteiger partial charge in [-0.25, -0.2) is 0 Å². The zero-order valence-electron chi connectivity index (χ0n) is 12.9. The Hall–Kier alpha value is -0.120. The number of nitrogens with one attached hydrogen (secondary N) is 1. The monoisotopic (exact) mass is 268 g/mol. The Morgan fingerprint density at radius 1 is 1.05 bits per heavy atom. The summed E-state index contributed by atoms with van der Waals surface area (Å²) in [4.78, 5) is 2.59. The molecule has 112 valence electrons. The molecule has 1 aliphatic carbocycles. The Bertz CT molecular complexity index is 231. The molecule has 2 fully saturated rings. The van der Waals surface area contributed by atoms with Crippen LogP contribution in [0.25, 0.3) is 0 Å². The average Bonchev–Trinajstić information content (AvgIpc) is 2.43. The van der Waals surface area contributed by atoms with Crippen LogP contribution in [0.15, 0.2) is 0 Å². The van der Waals surface area contributed by atoms with Gasteiger partial charge in [0.15, 0.2) is 0 Å². The van der Waals surface area contributed by atoms with Gasteiger partial charge in [-0.1, -0.05) is 6.92 Å². The van der Waals surface area contributed by atoms with Gasteiger partial charge in [-0.2, -0.15) is 0 Å². The third kappa shape index (κ3) is 5.41. The smallest absolute Gasteiger partial charge is 0.0599 e. The predicted octanol–water partition coefficient (Wildman–Crippen LogP) is 2.66. The second-order valence-corrected chi connectivity index (χ2v) is 6.41. The van der Waals surface area contributed by atoms with Crippen molar-refractivity contribution in [3.63, 3.8) is 0 Å². The van der Waals surface area contributed by atoms with Gasteiger partial charge < -0.3 is 15.0 Å². The molecule has 0 unspecified atom stereocenters. The molecule has 0 bridgehead atoms. The number of hydrogen-bond donors (Lipinski definition) is 1. The minimum atomic E-state index is 0.522. The minimum Gasteiger partial charge on any atom is -0.378 e. The first-order chi connectivity index (χ1) is 9.28. The second-order valence-electron chi connectivity index (χ2n) is 6.41. The molecule has 1 saturated heterocycles. The SMILES string of the molecule is CCOC1CCN(CCNC2CCC(C)CC2)CC1. The van der Waals surface area contributed by atoms with Gasteiger partial charge in [-0.15, -0.1) is 0 Å². The van der Waals surface area contributed by atoms with Crippen LogP contribution in [0.1, 0.15) is 52.4 Å². The molecule has 1 aliphatic heterocycles. The predicted molar refractivity (Wildman–Crippen MR) is 80.5 cm³/mol. The lowest BCUT2D eigenvalue weighted by Crippen LogP contribution is -2.43. The molecule has 0 aromatic rings. The fourth-order valence-electron chi connectivity index (χ4n) is 3.43. The molecule has 0 atom stereocenters. The van der Waals surface area contributed by atoms with Crippen molar-refractivity contribution in [1.82, 2.24) is 10.2 Å². The second kappa shape index (κ2) is 8.23. The van der Waals surface area contributed by atoms with Crippen molar-refractivity contribution in [3.05, 3.63) is 0 Å². The number of likely N-dealkylation sites (tertiary alicyclic amines) is 1. The Labute approximate surface area is 119 Å². The van der Waals surface area contributed by atoms with Gasteiger partial charge in [0.25, 0.3) is 0 Å². The van der Waals surface area contributed by atoms with Crippen molar-refractivity contribution in [2.75, 3.05) is 32.8 Å². The molecule has 2 rings (SSSR count). The van der Waals surface area contributed by atoms with Crippen molar-refractivity contribution in [1.29, 1.82) is 0 Å². The van der Waals surface area contributed by atoms with Crippen LogP contribution in [0.5, 0.6) is 0 Å². The normalized spacial score (nSPS) is 30.6. The zero-order chi connectivity index (χ0) is 13.5. The summed E-state index contributed by atoms with van der Waals surface area (Å²) >= 11 is 0. The first-order valence-corrected chi connectivity index (χ1v) is 8.35. The summed E-state index contributed by atoms with van der Waals surface area (Å²) in [6, 6.07) is 0.789. The lowest BCUT2D eigenvalue weighted by molar-refractivity contribution is 0.0143. The molecule has 0 radical (unpaired) electrons. The third-order valence-corrected chi connectivity index (χ3v) is 4.81. The molecule has 1 saturated carbocycles. The summed E-state index contributed by atoms with van der Waals surface area (Å²) in [6.45, 7) is 10.2. The van der Waals surface area contributed by atoms with E-state index in [1.54, 1.807) is 0 Å². The molecule has 0 spiro atoms. The van der Waals surface area contributed by atoms with Crippen LogP contribution in [0.2, 0.25) is 0 Å². The van der Waals surface area contributed by atoms with E-state index in [1.165, 1.54) is 64.7 Å². The summed E-state index contributed by atoms with van der Waals surface area (Å²) in [5.74, 6) is 0.954. The van der Waals surface area contributed by atoms with Crippen LogP contribution >= 0.6 is 0 Å². The fraction of sp³-hybridized carbons (Fsp3) is 1.00. The highest BCUT2D eigenvalue weighted by atomic mass is 16.5. The highest BCUT2D eigenvalue weighted by Crippen LogP contribution is 2.23. The molecule has 0 aromatic heterocycles. The van der Waals surface area contributed by atoms with Crippen LogP contribution in [0.3, 0.4) is 0 Å². The first-order valence-electron chi connectivity index (χ1n) is 8.35. The maximum absolute atomic E-state index is 5.70. The number of piperidine rings is 1.